The third-order valence-corrected chi connectivity index (χ3v) is 4.19. The molecular formula is C9H15NO3S. The first kappa shape index (κ1) is 11.2. The van der Waals surface area contributed by atoms with Crippen LogP contribution >= 0.6 is 0 Å². The van der Waals surface area contributed by atoms with Crippen molar-refractivity contribution in [1.29, 1.82) is 0 Å². The zero-order valence-corrected chi connectivity index (χ0v) is 9.30. The van der Waals surface area contributed by atoms with E-state index in [4.69, 9.17) is 0 Å². The molecular weight excluding hydrogens is 202 g/mol. The summed E-state index contributed by atoms with van der Waals surface area (Å²) in [6, 6.07) is -0.177. The molecule has 0 bridgehead atoms. The van der Waals surface area contributed by atoms with Crippen molar-refractivity contribution in [3.05, 3.63) is 12.2 Å². The number of sulfone groups is 1. The summed E-state index contributed by atoms with van der Waals surface area (Å²) in [4.78, 5) is 13.0. The van der Waals surface area contributed by atoms with Gasteiger partial charge in [0.2, 0.25) is 5.91 Å². The molecule has 0 aromatic rings. The molecule has 0 aromatic heterocycles. The predicted molar refractivity (Wildman–Crippen MR) is 54.6 cm³/mol. The van der Waals surface area contributed by atoms with Crippen molar-refractivity contribution < 1.29 is 13.2 Å². The van der Waals surface area contributed by atoms with Crippen LogP contribution in [-0.2, 0) is 14.6 Å². The first-order valence-corrected chi connectivity index (χ1v) is 6.29. The van der Waals surface area contributed by atoms with Gasteiger partial charge in [0.1, 0.15) is 0 Å². The fraction of sp³-hybridized carbons (Fsp3) is 0.667. The molecule has 0 spiro atoms. The Kier molecular flexibility index (Phi) is 2.99. The summed E-state index contributed by atoms with van der Waals surface area (Å²) < 4.78 is 22.4. The Labute approximate surface area is 84.5 Å². The molecule has 80 valence electrons. The van der Waals surface area contributed by atoms with Crippen LogP contribution in [-0.4, -0.2) is 43.8 Å². The van der Waals surface area contributed by atoms with Gasteiger partial charge >= 0.3 is 0 Å². The second-order valence-electron chi connectivity index (χ2n) is 3.75. The quantitative estimate of drug-likeness (QED) is 0.621. The third-order valence-electron chi connectivity index (χ3n) is 2.44. The Morgan fingerprint density at radius 1 is 1.50 bits per heavy atom. The van der Waals surface area contributed by atoms with Gasteiger partial charge in [-0.05, 0) is 13.3 Å². The molecule has 1 saturated heterocycles. The van der Waals surface area contributed by atoms with Crippen molar-refractivity contribution in [2.24, 2.45) is 0 Å². The van der Waals surface area contributed by atoms with E-state index in [-0.39, 0.29) is 23.5 Å². The van der Waals surface area contributed by atoms with Gasteiger partial charge in [0.15, 0.2) is 9.84 Å². The number of nitrogens with zero attached hydrogens (tertiary/aromatic N) is 1. The zero-order valence-electron chi connectivity index (χ0n) is 8.49. The van der Waals surface area contributed by atoms with E-state index in [0.29, 0.717) is 12.0 Å². The molecule has 0 radical (unpaired) electrons. The van der Waals surface area contributed by atoms with Crippen LogP contribution in [0.2, 0.25) is 0 Å². The van der Waals surface area contributed by atoms with Gasteiger partial charge in [-0.1, -0.05) is 6.58 Å². The lowest BCUT2D eigenvalue weighted by Gasteiger charge is -2.23. The van der Waals surface area contributed by atoms with Gasteiger partial charge in [-0.2, -0.15) is 0 Å². The van der Waals surface area contributed by atoms with Gasteiger partial charge in [-0.3, -0.25) is 4.79 Å². The number of likely N-dealkylation sites (N-methyl/N-ethyl adjacent to an activating group) is 1. The molecule has 0 saturated carbocycles. The second kappa shape index (κ2) is 3.73. The lowest BCUT2D eigenvalue weighted by molar-refractivity contribution is -0.127. The van der Waals surface area contributed by atoms with E-state index >= 15 is 0 Å². The average molecular weight is 217 g/mol. The first-order valence-electron chi connectivity index (χ1n) is 4.46. The fourth-order valence-electron chi connectivity index (χ4n) is 1.55. The van der Waals surface area contributed by atoms with E-state index < -0.39 is 9.84 Å². The van der Waals surface area contributed by atoms with Crippen molar-refractivity contribution in [3.8, 4) is 0 Å². The number of hydrogen-bond donors (Lipinski definition) is 0. The van der Waals surface area contributed by atoms with Crippen LogP contribution in [0.3, 0.4) is 0 Å². The predicted octanol–water partition coefficient (Wildman–Crippen LogP) is 0.208. The number of carbonyl (C=O) groups excluding carboxylic acids is 1. The highest BCUT2D eigenvalue weighted by atomic mass is 32.2. The van der Waals surface area contributed by atoms with E-state index in [1.165, 1.54) is 4.90 Å². The van der Waals surface area contributed by atoms with Crippen LogP contribution in [0.5, 0.6) is 0 Å². The highest BCUT2D eigenvalue weighted by molar-refractivity contribution is 7.91. The molecule has 14 heavy (non-hydrogen) atoms. The van der Waals surface area contributed by atoms with Gasteiger partial charge in [-0.15, -0.1) is 0 Å². The van der Waals surface area contributed by atoms with E-state index in [2.05, 4.69) is 6.58 Å². The first-order chi connectivity index (χ1) is 6.33. The molecule has 0 N–H and O–H groups in total. The topological polar surface area (TPSA) is 54.5 Å². The van der Waals surface area contributed by atoms with Crippen LogP contribution in [0.15, 0.2) is 12.2 Å². The van der Waals surface area contributed by atoms with Gasteiger partial charge in [0, 0.05) is 18.7 Å². The van der Waals surface area contributed by atoms with E-state index in [1.807, 2.05) is 0 Å². The summed E-state index contributed by atoms with van der Waals surface area (Å²) in [5.41, 5.74) is 0.441. The van der Waals surface area contributed by atoms with E-state index in [1.54, 1.807) is 14.0 Å². The van der Waals surface area contributed by atoms with Crippen molar-refractivity contribution in [2.45, 2.75) is 19.4 Å². The standard InChI is InChI=1S/C9H15NO3S/c1-7(2)9(11)10(3)8-4-5-14(12,13)6-8/h8H,1,4-6H2,2-3H3/t8-/m0/s1. The molecule has 1 atom stereocenters. The summed E-state index contributed by atoms with van der Waals surface area (Å²) in [6.45, 7) is 5.17. The molecule has 1 rings (SSSR count). The van der Waals surface area contributed by atoms with E-state index in [0.717, 1.165) is 0 Å². The maximum absolute atomic E-state index is 11.5. The Hall–Kier alpha value is -0.840. The summed E-state index contributed by atoms with van der Waals surface area (Å²) in [5.74, 6) is 0.0978. The van der Waals surface area contributed by atoms with E-state index in [9.17, 15) is 13.2 Å². The maximum atomic E-state index is 11.5. The second-order valence-corrected chi connectivity index (χ2v) is 5.98. The smallest absolute Gasteiger partial charge is 0.248 e. The minimum atomic E-state index is -2.92. The SMILES string of the molecule is C=C(C)C(=O)N(C)[C@H]1CCS(=O)(=O)C1. The van der Waals surface area contributed by atoms with Gasteiger partial charge in [0.05, 0.1) is 11.5 Å². The Morgan fingerprint density at radius 3 is 2.43 bits per heavy atom. The molecule has 5 heteroatoms. The summed E-state index contributed by atoms with van der Waals surface area (Å²) in [7, 11) is -1.30. The molecule has 0 unspecified atom stereocenters. The van der Waals surface area contributed by atoms with Crippen LogP contribution in [0.4, 0.5) is 0 Å². The lowest BCUT2D eigenvalue weighted by atomic mass is 10.2. The molecule has 1 heterocycles. The van der Waals surface area contributed by atoms with Crippen molar-refractivity contribution in [1.82, 2.24) is 4.90 Å². The third kappa shape index (κ3) is 2.35. The van der Waals surface area contributed by atoms with Crippen molar-refractivity contribution in [2.75, 3.05) is 18.6 Å². The van der Waals surface area contributed by atoms with Crippen LogP contribution in [0.1, 0.15) is 13.3 Å². The zero-order chi connectivity index (χ0) is 10.9. The molecule has 1 amide bonds. The summed E-state index contributed by atoms with van der Waals surface area (Å²) in [5, 5.41) is 0. The Bertz CT molecular complexity index is 358. The largest absolute Gasteiger partial charge is 0.338 e. The van der Waals surface area contributed by atoms with Crippen LogP contribution < -0.4 is 0 Å². The number of hydrogen-bond acceptors (Lipinski definition) is 3. The lowest BCUT2D eigenvalue weighted by Crippen LogP contribution is -2.38. The van der Waals surface area contributed by atoms with Gasteiger partial charge in [0.25, 0.3) is 0 Å². The highest BCUT2D eigenvalue weighted by Gasteiger charge is 2.32. The number of amides is 1. The Balaban J connectivity index is 2.69. The van der Waals surface area contributed by atoms with Gasteiger partial charge in [-0.25, -0.2) is 8.42 Å². The normalized spacial score (nSPS) is 24.6. The number of rotatable bonds is 2. The number of carbonyl (C=O) groups is 1. The fourth-order valence-corrected chi connectivity index (χ4v) is 3.32. The summed E-state index contributed by atoms with van der Waals surface area (Å²) in [6.07, 6.45) is 0.540. The maximum Gasteiger partial charge on any atom is 0.248 e. The minimum absolute atomic E-state index is 0.0858. The van der Waals surface area contributed by atoms with Gasteiger partial charge < -0.3 is 4.90 Å². The molecule has 4 nitrogen and oxygen atoms in total. The van der Waals surface area contributed by atoms with Crippen LogP contribution in [0.25, 0.3) is 0 Å². The van der Waals surface area contributed by atoms with Crippen LogP contribution in [0, 0.1) is 0 Å². The molecule has 1 aliphatic rings. The average Bonchev–Trinajstić information content (AvgIpc) is 2.43. The highest BCUT2D eigenvalue weighted by Crippen LogP contribution is 2.17. The molecule has 1 fully saturated rings. The molecule has 0 aromatic carbocycles. The molecule has 1 aliphatic heterocycles. The van der Waals surface area contributed by atoms with Crippen molar-refractivity contribution in [3.63, 3.8) is 0 Å². The Morgan fingerprint density at radius 2 is 2.07 bits per heavy atom. The molecule has 0 aliphatic carbocycles. The minimum Gasteiger partial charge on any atom is -0.338 e. The monoisotopic (exact) mass is 217 g/mol. The van der Waals surface area contributed by atoms with Crippen molar-refractivity contribution >= 4 is 15.7 Å². The summed E-state index contributed by atoms with van der Waals surface area (Å²) >= 11 is 0.